The fraction of sp³-hybridized carbons (Fsp3) is 0.611. The highest BCUT2D eigenvalue weighted by molar-refractivity contribution is 5.76. The molecule has 0 bridgehead atoms. The lowest BCUT2D eigenvalue weighted by atomic mass is 10.0. The summed E-state index contributed by atoms with van der Waals surface area (Å²) in [6, 6.07) is 6.83. The Kier molecular flexibility index (Phi) is 4.98. The number of amides is 1. The van der Waals surface area contributed by atoms with Crippen LogP contribution in [0.1, 0.15) is 37.3 Å². The summed E-state index contributed by atoms with van der Waals surface area (Å²) in [6.45, 7) is 6.03. The van der Waals surface area contributed by atoms with Crippen molar-refractivity contribution >= 4 is 5.91 Å². The van der Waals surface area contributed by atoms with Crippen LogP contribution in [0.4, 0.5) is 0 Å². The van der Waals surface area contributed by atoms with Gasteiger partial charge in [-0.2, -0.15) is 0 Å². The molecule has 0 unspecified atom stereocenters. The predicted molar refractivity (Wildman–Crippen MR) is 87.2 cm³/mol. The van der Waals surface area contributed by atoms with Crippen LogP contribution < -0.4 is 10.1 Å². The van der Waals surface area contributed by atoms with E-state index in [2.05, 4.69) is 29.3 Å². The van der Waals surface area contributed by atoms with Crippen molar-refractivity contribution in [3.8, 4) is 5.75 Å². The lowest BCUT2D eigenvalue weighted by Gasteiger charge is -2.22. The van der Waals surface area contributed by atoms with Crippen molar-refractivity contribution in [3.63, 3.8) is 0 Å². The number of fused-ring (bicyclic) bond motifs is 1. The van der Waals surface area contributed by atoms with Crippen molar-refractivity contribution in [2.45, 2.75) is 45.1 Å². The molecule has 2 heterocycles. The van der Waals surface area contributed by atoms with Gasteiger partial charge in [-0.15, -0.1) is 0 Å². The molecule has 22 heavy (non-hydrogen) atoms. The Morgan fingerprint density at radius 1 is 1.45 bits per heavy atom. The Labute approximate surface area is 132 Å². The molecule has 2 aliphatic rings. The van der Waals surface area contributed by atoms with Crippen LogP contribution in [-0.4, -0.2) is 43.1 Å². The fourth-order valence-corrected chi connectivity index (χ4v) is 3.52. The van der Waals surface area contributed by atoms with Crippen LogP contribution in [0.15, 0.2) is 18.2 Å². The molecule has 2 aliphatic heterocycles. The van der Waals surface area contributed by atoms with Gasteiger partial charge in [0.05, 0.1) is 6.61 Å². The Morgan fingerprint density at radius 3 is 3.23 bits per heavy atom. The summed E-state index contributed by atoms with van der Waals surface area (Å²) in [5.41, 5.74) is 2.51. The van der Waals surface area contributed by atoms with Gasteiger partial charge in [-0.05, 0) is 49.5 Å². The van der Waals surface area contributed by atoms with Crippen LogP contribution in [-0.2, 0) is 17.6 Å². The summed E-state index contributed by atoms with van der Waals surface area (Å²) in [6.07, 6.45) is 4.83. The summed E-state index contributed by atoms with van der Waals surface area (Å²) in [7, 11) is 0. The second-order valence-corrected chi connectivity index (χ2v) is 6.27. The minimum absolute atomic E-state index is 0.166. The first kappa shape index (κ1) is 15.3. The molecule has 1 atom stereocenters. The normalized spacial score (nSPS) is 20.7. The summed E-state index contributed by atoms with van der Waals surface area (Å²) in [5, 5.41) is 3.11. The lowest BCUT2D eigenvalue weighted by molar-refractivity contribution is -0.121. The molecule has 0 spiro atoms. The quantitative estimate of drug-likeness (QED) is 0.875. The first-order valence-corrected chi connectivity index (χ1v) is 8.51. The molecule has 4 nitrogen and oxygen atoms in total. The third-order valence-electron chi connectivity index (χ3n) is 4.83. The van der Waals surface area contributed by atoms with Gasteiger partial charge in [0.1, 0.15) is 5.75 Å². The second kappa shape index (κ2) is 7.14. The highest BCUT2D eigenvalue weighted by Gasteiger charge is 2.23. The fourth-order valence-electron chi connectivity index (χ4n) is 3.52. The molecule has 1 saturated heterocycles. The Balaban J connectivity index is 1.42. The van der Waals surface area contributed by atoms with E-state index in [1.807, 2.05) is 6.07 Å². The van der Waals surface area contributed by atoms with Crippen molar-refractivity contribution in [1.82, 2.24) is 10.2 Å². The van der Waals surface area contributed by atoms with Gasteiger partial charge >= 0.3 is 0 Å². The molecular weight excluding hydrogens is 276 g/mol. The first-order chi connectivity index (χ1) is 10.8. The Morgan fingerprint density at radius 2 is 2.36 bits per heavy atom. The molecule has 1 aromatic rings. The number of likely N-dealkylation sites (tertiary alicyclic amines) is 1. The van der Waals surface area contributed by atoms with E-state index in [1.165, 1.54) is 30.5 Å². The largest absolute Gasteiger partial charge is 0.493 e. The van der Waals surface area contributed by atoms with E-state index >= 15 is 0 Å². The predicted octanol–water partition coefficient (Wildman–Crippen LogP) is 2.15. The smallest absolute Gasteiger partial charge is 0.220 e. The number of ether oxygens (including phenoxy) is 1. The Hall–Kier alpha value is -1.55. The Bertz CT molecular complexity index is 530. The van der Waals surface area contributed by atoms with E-state index in [0.29, 0.717) is 12.5 Å². The lowest BCUT2D eigenvalue weighted by Crippen LogP contribution is -2.40. The monoisotopic (exact) mass is 302 g/mol. The average molecular weight is 302 g/mol. The molecule has 1 amide bonds. The highest BCUT2D eigenvalue weighted by Crippen LogP contribution is 2.26. The van der Waals surface area contributed by atoms with Gasteiger partial charge in [-0.1, -0.05) is 19.1 Å². The van der Waals surface area contributed by atoms with Gasteiger partial charge in [-0.3, -0.25) is 9.69 Å². The molecule has 0 radical (unpaired) electrons. The van der Waals surface area contributed by atoms with Crippen molar-refractivity contribution < 1.29 is 9.53 Å². The number of carbonyl (C=O) groups is 1. The second-order valence-electron chi connectivity index (χ2n) is 6.27. The molecule has 1 N–H and O–H groups in total. The van der Waals surface area contributed by atoms with Gasteiger partial charge in [0.15, 0.2) is 0 Å². The van der Waals surface area contributed by atoms with Crippen molar-refractivity contribution in [1.29, 1.82) is 0 Å². The molecule has 1 fully saturated rings. The summed E-state index contributed by atoms with van der Waals surface area (Å²) in [4.78, 5) is 14.5. The zero-order valence-electron chi connectivity index (χ0n) is 13.4. The third-order valence-corrected chi connectivity index (χ3v) is 4.83. The van der Waals surface area contributed by atoms with Gasteiger partial charge in [-0.25, -0.2) is 0 Å². The number of likely N-dealkylation sites (N-methyl/N-ethyl adjacent to an activating group) is 1. The number of nitrogens with one attached hydrogen (secondary N) is 1. The van der Waals surface area contributed by atoms with E-state index in [1.54, 1.807) is 0 Å². The number of rotatable bonds is 6. The molecule has 0 aromatic heterocycles. The minimum atomic E-state index is 0.166. The summed E-state index contributed by atoms with van der Waals surface area (Å²) in [5.74, 6) is 1.17. The standard InChI is InChI=1S/C18H26N2O2/c1-2-20-10-3-4-16(20)13-19-18(21)8-6-14-5-7-17-15(12-14)9-11-22-17/h5,7,12,16H,2-4,6,8-11,13H2,1H3,(H,19,21)/t16-/m1/s1. The van der Waals surface area contributed by atoms with Gasteiger partial charge < -0.3 is 10.1 Å². The molecule has 1 aromatic carbocycles. The van der Waals surface area contributed by atoms with Crippen LogP contribution in [0.5, 0.6) is 5.75 Å². The van der Waals surface area contributed by atoms with E-state index in [4.69, 9.17) is 4.74 Å². The van der Waals surface area contributed by atoms with Crippen molar-refractivity contribution in [2.75, 3.05) is 26.2 Å². The van der Waals surface area contributed by atoms with Gasteiger partial charge in [0.25, 0.3) is 0 Å². The van der Waals surface area contributed by atoms with E-state index in [-0.39, 0.29) is 5.91 Å². The zero-order valence-corrected chi connectivity index (χ0v) is 13.4. The number of benzene rings is 1. The van der Waals surface area contributed by atoms with Crippen LogP contribution >= 0.6 is 0 Å². The van der Waals surface area contributed by atoms with Crippen LogP contribution in [0.3, 0.4) is 0 Å². The third kappa shape index (κ3) is 3.61. The molecule has 0 saturated carbocycles. The average Bonchev–Trinajstić information content (AvgIpc) is 3.18. The van der Waals surface area contributed by atoms with Crippen LogP contribution in [0, 0.1) is 0 Å². The maximum absolute atomic E-state index is 12.0. The van der Waals surface area contributed by atoms with Crippen molar-refractivity contribution in [3.05, 3.63) is 29.3 Å². The topological polar surface area (TPSA) is 41.6 Å². The van der Waals surface area contributed by atoms with Crippen molar-refractivity contribution in [2.24, 2.45) is 0 Å². The van der Waals surface area contributed by atoms with E-state index in [0.717, 1.165) is 38.3 Å². The molecular formula is C18H26N2O2. The summed E-state index contributed by atoms with van der Waals surface area (Å²) < 4.78 is 5.51. The maximum atomic E-state index is 12.0. The summed E-state index contributed by atoms with van der Waals surface area (Å²) >= 11 is 0. The molecule has 0 aliphatic carbocycles. The minimum Gasteiger partial charge on any atom is -0.493 e. The van der Waals surface area contributed by atoms with E-state index in [9.17, 15) is 4.79 Å². The van der Waals surface area contributed by atoms with E-state index < -0.39 is 0 Å². The number of aryl methyl sites for hydroxylation is 1. The SMILES string of the molecule is CCN1CCC[C@@H]1CNC(=O)CCc1ccc2c(c1)CCO2. The number of carbonyl (C=O) groups excluding carboxylic acids is 1. The number of hydrogen-bond acceptors (Lipinski definition) is 3. The molecule has 120 valence electrons. The zero-order chi connectivity index (χ0) is 15.4. The highest BCUT2D eigenvalue weighted by atomic mass is 16.5. The van der Waals surface area contributed by atoms with Crippen LogP contribution in [0.25, 0.3) is 0 Å². The molecule has 3 rings (SSSR count). The van der Waals surface area contributed by atoms with Gasteiger partial charge in [0.2, 0.25) is 5.91 Å². The number of nitrogens with zero attached hydrogens (tertiary/aromatic N) is 1. The first-order valence-electron chi connectivity index (χ1n) is 8.51. The van der Waals surface area contributed by atoms with Gasteiger partial charge in [0, 0.05) is 25.4 Å². The van der Waals surface area contributed by atoms with Crippen LogP contribution in [0.2, 0.25) is 0 Å². The number of hydrogen-bond donors (Lipinski definition) is 1. The maximum Gasteiger partial charge on any atom is 0.220 e. The molecule has 4 heteroatoms.